The fourth-order valence-electron chi connectivity index (χ4n) is 2.96. The largest absolute Gasteiger partial charge is 0.366 e. The van der Waals surface area contributed by atoms with Gasteiger partial charge in [-0.25, -0.2) is 4.98 Å². The molecule has 2 aromatic carbocycles. The Balaban J connectivity index is 1.82. The summed E-state index contributed by atoms with van der Waals surface area (Å²) in [7, 11) is 0. The van der Waals surface area contributed by atoms with Crippen LogP contribution in [0.25, 0.3) is 0 Å². The van der Waals surface area contributed by atoms with E-state index in [4.69, 9.17) is 0 Å². The van der Waals surface area contributed by atoms with E-state index < -0.39 is 0 Å². The highest BCUT2D eigenvalue weighted by Crippen LogP contribution is 2.29. The minimum Gasteiger partial charge on any atom is -0.366 e. The Hall–Kier alpha value is -2.88. The van der Waals surface area contributed by atoms with Gasteiger partial charge in [0.1, 0.15) is 5.82 Å². The van der Waals surface area contributed by atoms with Crippen LogP contribution in [0.3, 0.4) is 0 Å². The summed E-state index contributed by atoms with van der Waals surface area (Å²) in [4.78, 5) is 9.22. The average molecular weight is 346 g/mol. The molecule has 0 bridgehead atoms. The van der Waals surface area contributed by atoms with Crippen LogP contribution in [0, 0.1) is 13.8 Å². The Morgan fingerprint density at radius 2 is 1.69 bits per heavy atom. The number of anilines is 3. The van der Waals surface area contributed by atoms with Crippen molar-refractivity contribution in [2.75, 3.05) is 10.6 Å². The Bertz CT molecular complexity index is 873. The lowest BCUT2D eigenvalue weighted by Crippen LogP contribution is -2.07. The molecule has 0 aliphatic rings. The van der Waals surface area contributed by atoms with E-state index in [-0.39, 0.29) is 0 Å². The van der Waals surface area contributed by atoms with Gasteiger partial charge in [0.15, 0.2) is 0 Å². The zero-order valence-corrected chi connectivity index (χ0v) is 15.9. The third kappa shape index (κ3) is 4.39. The van der Waals surface area contributed by atoms with Gasteiger partial charge in [0.05, 0.1) is 0 Å². The summed E-state index contributed by atoms with van der Waals surface area (Å²) in [6.07, 6.45) is 0. The lowest BCUT2D eigenvalue weighted by Gasteiger charge is -2.17. The smallest absolute Gasteiger partial charge is 0.229 e. The van der Waals surface area contributed by atoms with Crippen molar-refractivity contribution in [3.63, 3.8) is 0 Å². The molecule has 0 atom stereocenters. The van der Waals surface area contributed by atoms with Crippen LogP contribution in [-0.2, 0) is 6.54 Å². The molecule has 3 rings (SSSR count). The molecule has 4 nitrogen and oxygen atoms in total. The minimum atomic E-state index is 0.429. The molecule has 1 aromatic heterocycles. The molecule has 0 radical (unpaired) electrons. The molecule has 0 amide bonds. The molecule has 4 heteroatoms. The number of nitrogens with one attached hydrogen (secondary N) is 2. The Kier molecular flexibility index (Phi) is 5.52. The molecule has 134 valence electrons. The zero-order valence-electron chi connectivity index (χ0n) is 15.9. The van der Waals surface area contributed by atoms with Crippen LogP contribution < -0.4 is 10.6 Å². The molecule has 26 heavy (non-hydrogen) atoms. The van der Waals surface area contributed by atoms with Gasteiger partial charge in [-0.15, -0.1) is 0 Å². The summed E-state index contributed by atoms with van der Waals surface area (Å²) in [6, 6.07) is 18.6. The van der Waals surface area contributed by atoms with Gasteiger partial charge in [0, 0.05) is 24.0 Å². The Morgan fingerprint density at radius 3 is 2.42 bits per heavy atom. The molecule has 0 fully saturated rings. The predicted octanol–water partition coefficient (Wildman–Crippen LogP) is 5.57. The van der Waals surface area contributed by atoms with E-state index in [1.807, 2.05) is 31.2 Å². The molecular formula is C22H26N4. The van der Waals surface area contributed by atoms with Gasteiger partial charge < -0.3 is 10.6 Å². The molecule has 0 spiro atoms. The fraction of sp³-hybridized carbons (Fsp3) is 0.273. The number of nitrogens with zero attached hydrogens (tertiary/aromatic N) is 2. The number of benzene rings is 2. The van der Waals surface area contributed by atoms with Crippen molar-refractivity contribution >= 4 is 17.5 Å². The maximum atomic E-state index is 4.65. The van der Waals surface area contributed by atoms with Crippen LogP contribution in [0.15, 0.2) is 54.6 Å². The SMILES string of the molecule is Cc1cc(NCc2ccccc2)nc(Nc2c(C)cccc2C(C)C)n1. The molecular weight excluding hydrogens is 320 g/mol. The summed E-state index contributed by atoms with van der Waals surface area (Å²) in [5.41, 5.74) is 5.72. The summed E-state index contributed by atoms with van der Waals surface area (Å²) in [5, 5.41) is 6.83. The van der Waals surface area contributed by atoms with Crippen LogP contribution in [0.2, 0.25) is 0 Å². The van der Waals surface area contributed by atoms with Gasteiger partial charge in [0.25, 0.3) is 0 Å². The second kappa shape index (κ2) is 8.00. The fourth-order valence-corrected chi connectivity index (χ4v) is 2.96. The second-order valence-electron chi connectivity index (χ2n) is 6.88. The summed E-state index contributed by atoms with van der Waals surface area (Å²) in [6.45, 7) is 9.23. The second-order valence-corrected chi connectivity index (χ2v) is 6.88. The van der Waals surface area contributed by atoms with Gasteiger partial charge in [0.2, 0.25) is 5.95 Å². The van der Waals surface area contributed by atoms with Gasteiger partial charge in [-0.3, -0.25) is 0 Å². The first-order chi connectivity index (χ1) is 12.5. The third-order valence-electron chi connectivity index (χ3n) is 4.33. The summed E-state index contributed by atoms with van der Waals surface area (Å²) in [5.74, 6) is 1.87. The lowest BCUT2D eigenvalue weighted by molar-refractivity contribution is 0.866. The van der Waals surface area contributed by atoms with Crippen molar-refractivity contribution in [3.8, 4) is 0 Å². The van der Waals surface area contributed by atoms with Gasteiger partial charge >= 0.3 is 0 Å². The number of aryl methyl sites for hydroxylation is 2. The number of aromatic nitrogens is 2. The van der Waals surface area contributed by atoms with E-state index in [9.17, 15) is 0 Å². The van der Waals surface area contributed by atoms with Crippen molar-refractivity contribution in [3.05, 3.63) is 77.0 Å². The van der Waals surface area contributed by atoms with Crippen LogP contribution >= 0.6 is 0 Å². The van der Waals surface area contributed by atoms with Crippen molar-refractivity contribution in [1.29, 1.82) is 0 Å². The Morgan fingerprint density at radius 1 is 0.923 bits per heavy atom. The maximum absolute atomic E-state index is 4.65. The molecule has 0 unspecified atom stereocenters. The molecule has 0 saturated heterocycles. The first-order valence-corrected chi connectivity index (χ1v) is 9.03. The van der Waals surface area contributed by atoms with E-state index in [0.29, 0.717) is 11.9 Å². The summed E-state index contributed by atoms with van der Waals surface area (Å²) < 4.78 is 0. The van der Waals surface area contributed by atoms with E-state index >= 15 is 0 Å². The van der Waals surface area contributed by atoms with Crippen LogP contribution in [-0.4, -0.2) is 9.97 Å². The van der Waals surface area contributed by atoms with Crippen molar-refractivity contribution in [1.82, 2.24) is 9.97 Å². The minimum absolute atomic E-state index is 0.429. The van der Waals surface area contributed by atoms with E-state index in [1.54, 1.807) is 0 Å². The van der Waals surface area contributed by atoms with E-state index in [2.05, 4.69) is 71.7 Å². The first-order valence-electron chi connectivity index (χ1n) is 9.03. The highest BCUT2D eigenvalue weighted by atomic mass is 15.1. The zero-order chi connectivity index (χ0) is 18.5. The third-order valence-corrected chi connectivity index (χ3v) is 4.33. The molecule has 0 aliphatic carbocycles. The van der Waals surface area contributed by atoms with Gasteiger partial charge in [-0.2, -0.15) is 4.98 Å². The number of hydrogen-bond acceptors (Lipinski definition) is 4. The molecule has 0 aliphatic heterocycles. The molecule has 1 heterocycles. The standard InChI is InChI=1S/C22H26N4/c1-15(2)19-12-8-9-16(3)21(19)26-22-24-17(4)13-20(25-22)23-14-18-10-6-5-7-11-18/h5-13,15H,14H2,1-4H3,(H2,23,24,25,26). The number of para-hydroxylation sites is 1. The maximum Gasteiger partial charge on any atom is 0.229 e. The quantitative estimate of drug-likeness (QED) is 0.612. The molecule has 0 saturated carbocycles. The van der Waals surface area contributed by atoms with Gasteiger partial charge in [-0.05, 0) is 36.5 Å². The molecule has 3 aromatic rings. The van der Waals surface area contributed by atoms with Crippen LogP contribution in [0.4, 0.5) is 17.5 Å². The van der Waals surface area contributed by atoms with Crippen LogP contribution in [0.5, 0.6) is 0 Å². The van der Waals surface area contributed by atoms with Crippen molar-refractivity contribution in [2.24, 2.45) is 0 Å². The van der Waals surface area contributed by atoms with E-state index in [1.165, 1.54) is 16.7 Å². The average Bonchev–Trinajstić information content (AvgIpc) is 2.62. The number of rotatable bonds is 6. The summed E-state index contributed by atoms with van der Waals surface area (Å²) >= 11 is 0. The normalized spacial score (nSPS) is 10.8. The van der Waals surface area contributed by atoms with Crippen molar-refractivity contribution in [2.45, 2.75) is 40.2 Å². The highest BCUT2D eigenvalue weighted by molar-refractivity contribution is 5.64. The first kappa shape index (κ1) is 17.9. The lowest BCUT2D eigenvalue weighted by atomic mass is 9.98. The van der Waals surface area contributed by atoms with Crippen molar-refractivity contribution < 1.29 is 0 Å². The van der Waals surface area contributed by atoms with Crippen LogP contribution in [0.1, 0.15) is 42.1 Å². The number of hydrogen-bond donors (Lipinski definition) is 2. The Labute approximate surface area is 155 Å². The van der Waals surface area contributed by atoms with Gasteiger partial charge in [-0.1, -0.05) is 62.4 Å². The monoisotopic (exact) mass is 346 g/mol. The van der Waals surface area contributed by atoms with E-state index in [0.717, 1.165) is 23.7 Å². The molecule has 2 N–H and O–H groups in total. The topological polar surface area (TPSA) is 49.8 Å². The highest BCUT2D eigenvalue weighted by Gasteiger charge is 2.11. The predicted molar refractivity (Wildman–Crippen MR) is 109 cm³/mol.